The Balaban J connectivity index is 1.99. The zero-order chi connectivity index (χ0) is 13.4. The minimum Gasteiger partial charge on any atom is -0.481 e. The highest BCUT2D eigenvalue weighted by Gasteiger charge is 2.21. The second kappa shape index (κ2) is 4.92. The minimum atomic E-state index is -0.0639. The molecule has 0 saturated carbocycles. The Morgan fingerprint density at radius 1 is 0.947 bits per heavy atom. The molecule has 0 aliphatic carbocycles. The lowest BCUT2D eigenvalue weighted by molar-refractivity contribution is 0.239. The predicted molar refractivity (Wildman–Crippen MR) is 79.9 cm³/mol. The number of fused-ring (bicyclic) bond motifs is 1. The minimum absolute atomic E-state index is 0.0639. The molecule has 1 aliphatic heterocycles. The highest BCUT2D eigenvalue weighted by atomic mass is 35.5. The van der Waals surface area contributed by atoms with E-state index in [4.69, 9.17) is 27.9 Å². The summed E-state index contributed by atoms with van der Waals surface area (Å²) >= 11 is 11.9. The average Bonchev–Trinajstić information content (AvgIpc) is 2.39. The van der Waals surface area contributed by atoms with Gasteiger partial charge < -0.3 is 4.74 Å². The van der Waals surface area contributed by atoms with E-state index in [-0.39, 0.29) is 6.10 Å². The lowest BCUT2D eigenvalue weighted by atomic mass is 9.97. The van der Waals surface area contributed by atoms with Gasteiger partial charge in [0.1, 0.15) is 11.9 Å². The SMILES string of the molecule is CC1=Cc2cc(Cl)ccc2OC1c1ccc(Cl)cc1. The molecule has 3 heteroatoms. The van der Waals surface area contributed by atoms with Gasteiger partial charge in [-0.1, -0.05) is 35.3 Å². The molecule has 0 fully saturated rings. The molecule has 1 nitrogen and oxygen atoms in total. The van der Waals surface area contributed by atoms with Crippen molar-refractivity contribution in [3.05, 3.63) is 69.2 Å². The summed E-state index contributed by atoms with van der Waals surface area (Å²) in [6, 6.07) is 13.4. The van der Waals surface area contributed by atoms with Crippen LogP contribution in [0.1, 0.15) is 24.2 Å². The van der Waals surface area contributed by atoms with Crippen molar-refractivity contribution in [2.45, 2.75) is 13.0 Å². The topological polar surface area (TPSA) is 9.23 Å². The van der Waals surface area contributed by atoms with Crippen molar-refractivity contribution in [3.8, 4) is 5.75 Å². The Morgan fingerprint density at radius 2 is 1.63 bits per heavy atom. The summed E-state index contributed by atoms with van der Waals surface area (Å²) in [5.41, 5.74) is 3.27. The summed E-state index contributed by atoms with van der Waals surface area (Å²) in [7, 11) is 0. The third kappa shape index (κ3) is 2.49. The molecule has 0 amide bonds. The van der Waals surface area contributed by atoms with Gasteiger partial charge in [-0.25, -0.2) is 0 Å². The van der Waals surface area contributed by atoms with Crippen LogP contribution in [0.5, 0.6) is 5.75 Å². The molecule has 3 rings (SSSR count). The fourth-order valence-corrected chi connectivity index (χ4v) is 2.56. The van der Waals surface area contributed by atoms with Gasteiger partial charge in [-0.3, -0.25) is 0 Å². The smallest absolute Gasteiger partial charge is 0.145 e. The summed E-state index contributed by atoms with van der Waals surface area (Å²) in [5, 5.41) is 1.45. The molecule has 1 aliphatic rings. The Morgan fingerprint density at radius 3 is 2.37 bits per heavy atom. The third-order valence-electron chi connectivity index (χ3n) is 3.19. The molecule has 96 valence electrons. The molecular formula is C16H12Cl2O. The van der Waals surface area contributed by atoms with E-state index in [1.807, 2.05) is 42.5 Å². The molecule has 2 aromatic carbocycles. The van der Waals surface area contributed by atoms with Crippen molar-refractivity contribution < 1.29 is 4.74 Å². The van der Waals surface area contributed by atoms with Gasteiger partial charge in [0.2, 0.25) is 0 Å². The van der Waals surface area contributed by atoms with Gasteiger partial charge in [0.25, 0.3) is 0 Å². The number of ether oxygens (including phenoxy) is 1. The molecule has 0 spiro atoms. The van der Waals surface area contributed by atoms with Crippen LogP contribution in [-0.2, 0) is 0 Å². The summed E-state index contributed by atoms with van der Waals surface area (Å²) in [5.74, 6) is 0.856. The van der Waals surface area contributed by atoms with Gasteiger partial charge in [0.15, 0.2) is 0 Å². The van der Waals surface area contributed by atoms with Crippen LogP contribution in [0.15, 0.2) is 48.0 Å². The fraction of sp³-hybridized carbons (Fsp3) is 0.125. The van der Waals surface area contributed by atoms with E-state index < -0.39 is 0 Å². The lowest BCUT2D eigenvalue weighted by Crippen LogP contribution is -2.13. The van der Waals surface area contributed by atoms with Crippen LogP contribution in [-0.4, -0.2) is 0 Å². The molecule has 0 radical (unpaired) electrons. The molecular weight excluding hydrogens is 279 g/mol. The standard InChI is InChI=1S/C16H12Cl2O/c1-10-8-12-9-14(18)6-7-15(12)19-16(10)11-2-4-13(17)5-3-11/h2-9,16H,1H3. The first kappa shape index (κ1) is 12.6. The van der Waals surface area contributed by atoms with Crippen LogP contribution in [0, 0.1) is 0 Å². The Kier molecular flexibility index (Phi) is 3.26. The largest absolute Gasteiger partial charge is 0.481 e. The van der Waals surface area contributed by atoms with Crippen LogP contribution < -0.4 is 4.74 Å². The molecule has 2 aromatic rings. The molecule has 0 aromatic heterocycles. The van der Waals surface area contributed by atoms with Crippen molar-refractivity contribution in [2.24, 2.45) is 0 Å². The molecule has 1 atom stereocenters. The van der Waals surface area contributed by atoms with E-state index in [1.54, 1.807) is 0 Å². The van der Waals surface area contributed by atoms with Crippen molar-refractivity contribution in [2.75, 3.05) is 0 Å². The van der Waals surface area contributed by atoms with E-state index >= 15 is 0 Å². The maximum absolute atomic E-state index is 6.06. The average molecular weight is 291 g/mol. The van der Waals surface area contributed by atoms with E-state index in [9.17, 15) is 0 Å². The monoisotopic (exact) mass is 290 g/mol. The number of rotatable bonds is 1. The highest BCUT2D eigenvalue weighted by Crippen LogP contribution is 2.38. The van der Waals surface area contributed by atoms with Gasteiger partial charge in [0.05, 0.1) is 0 Å². The molecule has 0 N–H and O–H groups in total. The quantitative estimate of drug-likeness (QED) is 0.671. The van der Waals surface area contributed by atoms with Crippen LogP contribution in [0.2, 0.25) is 10.0 Å². The zero-order valence-corrected chi connectivity index (χ0v) is 11.9. The second-order valence-electron chi connectivity index (χ2n) is 4.62. The predicted octanol–water partition coefficient (Wildman–Crippen LogP) is 5.53. The number of benzene rings is 2. The number of halogens is 2. The van der Waals surface area contributed by atoms with Gasteiger partial charge in [-0.15, -0.1) is 0 Å². The molecule has 19 heavy (non-hydrogen) atoms. The molecule has 0 saturated heterocycles. The van der Waals surface area contributed by atoms with Crippen LogP contribution in [0.25, 0.3) is 6.08 Å². The lowest BCUT2D eigenvalue weighted by Gasteiger charge is -2.26. The Bertz CT molecular complexity index is 644. The molecule has 0 bridgehead atoms. The van der Waals surface area contributed by atoms with Crippen LogP contribution >= 0.6 is 23.2 Å². The van der Waals surface area contributed by atoms with Crippen molar-refractivity contribution in [1.82, 2.24) is 0 Å². The summed E-state index contributed by atoms with van der Waals surface area (Å²) < 4.78 is 6.06. The van der Waals surface area contributed by atoms with Crippen LogP contribution in [0.3, 0.4) is 0 Å². The highest BCUT2D eigenvalue weighted by molar-refractivity contribution is 6.31. The van der Waals surface area contributed by atoms with Gasteiger partial charge >= 0.3 is 0 Å². The third-order valence-corrected chi connectivity index (χ3v) is 3.67. The van der Waals surface area contributed by atoms with Gasteiger partial charge in [-0.2, -0.15) is 0 Å². The summed E-state index contributed by atoms with van der Waals surface area (Å²) in [6.07, 6.45) is 2.05. The molecule has 1 unspecified atom stereocenters. The fourth-order valence-electron chi connectivity index (χ4n) is 2.25. The summed E-state index contributed by atoms with van der Waals surface area (Å²) in [4.78, 5) is 0. The maximum Gasteiger partial charge on any atom is 0.145 e. The first-order chi connectivity index (χ1) is 9.13. The van der Waals surface area contributed by atoms with E-state index in [0.29, 0.717) is 0 Å². The summed E-state index contributed by atoms with van der Waals surface area (Å²) in [6.45, 7) is 2.06. The van der Waals surface area contributed by atoms with E-state index in [0.717, 1.165) is 32.5 Å². The molecule has 1 heterocycles. The maximum atomic E-state index is 6.06. The number of hydrogen-bond donors (Lipinski definition) is 0. The number of hydrogen-bond acceptors (Lipinski definition) is 1. The van der Waals surface area contributed by atoms with E-state index in [2.05, 4.69) is 13.0 Å². The van der Waals surface area contributed by atoms with Crippen molar-refractivity contribution >= 4 is 29.3 Å². The van der Waals surface area contributed by atoms with Gasteiger partial charge in [0, 0.05) is 15.6 Å². The first-order valence-electron chi connectivity index (χ1n) is 6.03. The van der Waals surface area contributed by atoms with Crippen molar-refractivity contribution in [1.29, 1.82) is 0 Å². The normalized spacial score (nSPS) is 17.4. The Hall–Kier alpha value is -1.44. The van der Waals surface area contributed by atoms with Crippen LogP contribution in [0.4, 0.5) is 0 Å². The van der Waals surface area contributed by atoms with Gasteiger partial charge in [-0.05, 0) is 54.5 Å². The second-order valence-corrected chi connectivity index (χ2v) is 5.49. The van der Waals surface area contributed by atoms with Crippen molar-refractivity contribution in [3.63, 3.8) is 0 Å². The van der Waals surface area contributed by atoms with E-state index in [1.165, 1.54) is 0 Å². The first-order valence-corrected chi connectivity index (χ1v) is 6.79. The zero-order valence-electron chi connectivity index (χ0n) is 10.4. The Labute approximate surface area is 122 Å².